The van der Waals surface area contributed by atoms with Gasteiger partial charge in [-0.3, -0.25) is 0 Å². The second kappa shape index (κ2) is 2.34. The van der Waals surface area contributed by atoms with Gasteiger partial charge in [0.15, 0.2) is 18.8 Å². The highest BCUT2D eigenvalue weighted by Gasteiger charge is 2.19. The molecule has 1 atom stereocenters. The predicted molar refractivity (Wildman–Crippen MR) is 48.4 cm³/mol. The van der Waals surface area contributed by atoms with Gasteiger partial charge in [0.2, 0.25) is 0 Å². The molecule has 1 unspecified atom stereocenters. The van der Waals surface area contributed by atoms with Gasteiger partial charge in [0.1, 0.15) is 0 Å². The Labute approximate surface area is 64.7 Å². The van der Waals surface area contributed by atoms with Crippen molar-refractivity contribution in [2.45, 2.75) is 6.55 Å². The lowest BCUT2D eigenvalue weighted by molar-refractivity contribution is 0.650. The molecule has 0 N–H and O–H groups in total. The standard InChI is InChI=1S/C7H10OSi2/c1-10-7-5-3-2-4-6(7)9-8-10/h2-5,10H,9H2,1H3. The van der Waals surface area contributed by atoms with Gasteiger partial charge >= 0.3 is 0 Å². The van der Waals surface area contributed by atoms with E-state index in [2.05, 4.69) is 30.8 Å². The summed E-state index contributed by atoms with van der Waals surface area (Å²) in [6.07, 6.45) is 0. The highest BCUT2D eigenvalue weighted by molar-refractivity contribution is 6.82. The molecule has 0 radical (unpaired) electrons. The van der Waals surface area contributed by atoms with Crippen molar-refractivity contribution in [1.82, 2.24) is 0 Å². The summed E-state index contributed by atoms with van der Waals surface area (Å²) < 4.78 is 5.70. The van der Waals surface area contributed by atoms with Crippen LogP contribution in [0.15, 0.2) is 24.3 Å². The summed E-state index contributed by atoms with van der Waals surface area (Å²) in [5, 5.41) is 3.09. The minimum absolute atomic E-state index is 0.294. The van der Waals surface area contributed by atoms with Gasteiger partial charge < -0.3 is 4.12 Å². The lowest BCUT2D eigenvalue weighted by atomic mass is 10.4. The minimum Gasteiger partial charge on any atom is -0.455 e. The van der Waals surface area contributed by atoms with E-state index in [0.717, 1.165) is 0 Å². The molecular weight excluding hydrogens is 156 g/mol. The Hall–Kier alpha value is -0.386. The van der Waals surface area contributed by atoms with E-state index >= 15 is 0 Å². The molecule has 1 nitrogen and oxygen atoms in total. The highest BCUT2D eigenvalue weighted by atomic mass is 28.3. The third-order valence-electron chi connectivity index (χ3n) is 1.98. The molecule has 0 amide bonds. The van der Waals surface area contributed by atoms with E-state index in [0.29, 0.717) is 0 Å². The Morgan fingerprint density at radius 1 is 1.40 bits per heavy atom. The Morgan fingerprint density at radius 2 is 2.20 bits per heavy atom. The first kappa shape index (κ1) is 6.33. The predicted octanol–water partition coefficient (Wildman–Crippen LogP) is -1.01. The molecule has 10 heavy (non-hydrogen) atoms. The Balaban J connectivity index is 2.51. The van der Waals surface area contributed by atoms with E-state index in [9.17, 15) is 0 Å². The van der Waals surface area contributed by atoms with Gasteiger partial charge in [0, 0.05) is 0 Å². The number of hydrogen-bond acceptors (Lipinski definition) is 1. The van der Waals surface area contributed by atoms with Crippen LogP contribution in [0.2, 0.25) is 6.55 Å². The van der Waals surface area contributed by atoms with Gasteiger partial charge in [-0.25, -0.2) is 0 Å². The van der Waals surface area contributed by atoms with E-state index < -0.39 is 9.04 Å². The summed E-state index contributed by atoms with van der Waals surface area (Å²) in [5.74, 6) is 0. The molecule has 2 rings (SSSR count). The Bertz CT molecular complexity index is 249. The van der Waals surface area contributed by atoms with Crippen LogP contribution in [0.5, 0.6) is 0 Å². The molecular formula is C7H10OSi2. The molecule has 3 heteroatoms. The molecule has 1 aromatic rings. The summed E-state index contributed by atoms with van der Waals surface area (Å²) >= 11 is 0. The van der Waals surface area contributed by atoms with E-state index in [1.807, 2.05) is 0 Å². The van der Waals surface area contributed by atoms with E-state index in [-0.39, 0.29) is 9.76 Å². The monoisotopic (exact) mass is 166 g/mol. The summed E-state index contributed by atoms with van der Waals surface area (Å²) in [6.45, 7) is 2.26. The SMILES string of the molecule is C[SiH]1O[SiH2]c2ccccc21. The van der Waals surface area contributed by atoms with E-state index in [1.54, 1.807) is 10.4 Å². The zero-order valence-electron chi connectivity index (χ0n) is 6.00. The molecule has 0 spiro atoms. The average molecular weight is 166 g/mol. The maximum atomic E-state index is 5.70. The first-order chi connectivity index (χ1) is 4.88. The fraction of sp³-hybridized carbons (Fsp3) is 0.143. The van der Waals surface area contributed by atoms with Crippen LogP contribution >= 0.6 is 0 Å². The van der Waals surface area contributed by atoms with Gasteiger partial charge in [-0.2, -0.15) is 0 Å². The quantitative estimate of drug-likeness (QED) is 0.449. The second-order valence-electron chi connectivity index (χ2n) is 2.65. The fourth-order valence-corrected chi connectivity index (χ4v) is 6.43. The van der Waals surface area contributed by atoms with Gasteiger partial charge in [-0.05, 0) is 16.9 Å². The van der Waals surface area contributed by atoms with Crippen molar-refractivity contribution < 1.29 is 4.12 Å². The van der Waals surface area contributed by atoms with Crippen LogP contribution in [0, 0.1) is 0 Å². The summed E-state index contributed by atoms with van der Waals surface area (Å²) in [4.78, 5) is 0. The normalized spacial score (nSPS) is 25.1. The van der Waals surface area contributed by atoms with Crippen molar-refractivity contribution in [3.05, 3.63) is 24.3 Å². The fourth-order valence-electron chi connectivity index (χ4n) is 1.37. The topological polar surface area (TPSA) is 9.23 Å². The first-order valence-corrected chi connectivity index (χ1v) is 7.06. The van der Waals surface area contributed by atoms with Crippen LogP contribution in [-0.4, -0.2) is 18.8 Å². The summed E-state index contributed by atoms with van der Waals surface area (Å²) in [5.41, 5.74) is 0. The molecule has 0 aliphatic carbocycles. The van der Waals surface area contributed by atoms with Crippen LogP contribution in [0.3, 0.4) is 0 Å². The van der Waals surface area contributed by atoms with Gasteiger partial charge in [-0.1, -0.05) is 24.3 Å². The van der Waals surface area contributed by atoms with Crippen LogP contribution < -0.4 is 10.4 Å². The van der Waals surface area contributed by atoms with Crippen molar-refractivity contribution in [2.75, 3.05) is 0 Å². The van der Waals surface area contributed by atoms with Crippen molar-refractivity contribution in [2.24, 2.45) is 0 Å². The van der Waals surface area contributed by atoms with Gasteiger partial charge in [0.05, 0.1) is 0 Å². The average Bonchev–Trinajstić information content (AvgIpc) is 2.34. The molecule has 0 bridgehead atoms. The molecule has 1 heterocycles. The van der Waals surface area contributed by atoms with Crippen molar-refractivity contribution >= 4 is 29.2 Å². The van der Waals surface area contributed by atoms with E-state index in [1.165, 1.54) is 0 Å². The number of rotatable bonds is 0. The molecule has 1 aromatic carbocycles. The molecule has 0 fully saturated rings. The third kappa shape index (κ3) is 0.866. The Kier molecular flexibility index (Phi) is 1.48. The lowest BCUT2D eigenvalue weighted by Gasteiger charge is -1.99. The van der Waals surface area contributed by atoms with Crippen molar-refractivity contribution in [1.29, 1.82) is 0 Å². The van der Waals surface area contributed by atoms with Crippen LogP contribution in [0.4, 0.5) is 0 Å². The molecule has 0 saturated carbocycles. The summed E-state index contributed by atoms with van der Waals surface area (Å²) in [7, 11) is -1.18. The van der Waals surface area contributed by atoms with Gasteiger partial charge in [-0.15, -0.1) is 0 Å². The molecule has 1 aliphatic heterocycles. The minimum atomic E-state index is -0.885. The maximum absolute atomic E-state index is 5.70. The third-order valence-corrected chi connectivity index (χ3v) is 7.45. The molecule has 52 valence electrons. The largest absolute Gasteiger partial charge is 0.455 e. The van der Waals surface area contributed by atoms with Crippen LogP contribution in [-0.2, 0) is 4.12 Å². The number of fused-ring (bicyclic) bond motifs is 1. The van der Waals surface area contributed by atoms with Gasteiger partial charge in [0.25, 0.3) is 0 Å². The zero-order valence-corrected chi connectivity index (χ0v) is 8.57. The Morgan fingerprint density at radius 3 is 3.00 bits per heavy atom. The number of hydrogen-bond donors (Lipinski definition) is 0. The number of benzene rings is 1. The smallest absolute Gasteiger partial charge is 0.192 e. The summed E-state index contributed by atoms with van der Waals surface area (Å²) in [6, 6.07) is 8.68. The highest BCUT2D eigenvalue weighted by Crippen LogP contribution is 1.94. The molecule has 1 aliphatic rings. The maximum Gasteiger partial charge on any atom is 0.192 e. The molecule has 0 aromatic heterocycles. The van der Waals surface area contributed by atoms with E-state index in [4.69, 9.17) is 4.12 Å². The molecule has 0 saturated heterocycles. The van der Waals surface area contributed by atoms with Crippen molar-refractivity contribution in [3.8, 4) is 0 Å². The zero-order chi connectivity index (χ0) is 6.97. The van der Waals surface area contributed by atoms with Crippen molar-refractivity contribution in [3.63, 3.8) is 0 Å². The lowest BCUT2D eigenvalue weighted by Crippen LogP contribution is -2.30. The van der Waals surface area contributed by atoms with Crippen LogP contribution in [0.25, 0.3) is 0 Å². The second-order valence-corrected chi connectivity index (χ2v) is 6.94. The van der Waals surface area contributed by atoms with Crippen LogP contribution in [0.1, 0.15) is 0 Å². The first-order valence-electron chi connectivity index (χ1n) is 3.57.